The quantitative estimate of drug-likeness (QED) is 0.799. The third-order valence-corrected chi connectivity index (χ3v) is 4.21. The van der Waals surface area contributed by atoms with Crippen molar-refractivity contribution >= 4 is 23.5 Å². The van der Waals surface area contributed by atoms with Crippen molar-refractivity contribution in [3.05, 3.63) is 30.1 Å². The van der Waals surface area contributed by atoms with Gasteiger partial charge in [0.15, 0.2) is 0 Å². The van der Waals surface area contributed by atoms with Gasteiger partial charge in [-0.1, -0.05) is 0 Å². The molecule has 2 N–H and O–H groups in total. The number of hydrogen-bond acceptors (Lipinski definition) is 4. The molecule has 1 atom stereocenters. The molecule has 1 fully saturated rings. The molecule has 2 rings (SSSR count). The van der Waals surface area contributed by atoms with Crippen molar-refractivity contribution in [2.45, 2.75) is 13.3 Å². The topological polar surface area (TPSA) is 90.0 Å². The lowest BCUT2D eigenvalue weighted by molar-refractivity contribution is -0.144. The third kappa shape index (κ3) is 5.82. The Balaban J connectivity index is 1.86. The molecular formula is C17H22FN3O4. The number of carboxylic acid groups (broad SMARTS) is 1. The molecule has 1 aromatic carbocycles. The maximum atomic E-state index is 12.9. The Morgan fingerprint density at radius 1 is 1.16 bits per heavy atom. The summed E-state index contributed by atoms with van der Waals surface area (Å²) in [4.78, 5) is 38.5. The maximum Gasteiger partial charge on any atom is 0.308 e. The minimum Gasteiger partial charge on any atom is -0.481 e. The number of carbonyl (C=O) groups is 3. The van der Waals surface area contributed by atoms with Crippen molar-refractivity contribution in [1.82, 2.24) is 9.80 Å². The molecule has 1 aromatic rings. The average Bonchev–Trinajstić information content (AvgIpc) is 2.56. The summed E-state index contributed by atoms with van der Waals surface area (Å²) < 4.78 is 12.9. The lowest BCUT2D eigenvalue weighted by Crippen LogP contribution is -2.50. The van der Waals surface area contributed by atoms with Crippen LogP contribution in [-0.4, -0.2) is 65.4 Å². The number of carboxylic acids is 1. The Labute approximate surface area is 145 Å². The highest BCUT2D eigenvalue weighted by Crippen LogP contribution is 2.13. The molecule has 2 amide bonds. The van der Waals surface area contributed by atoms with E-state index in [1.54, 1.807) is 4.90 Å². The number of carbonyl (C=O) groups excluding carboxylic acids is 2. The number of halogens is 1. The Hall–Kier alpha value is -2.48. The van der Waals surface area contributed by atoms with Gasteiger partial charge in [-0.15, -0.1) is 0 Å². The van der Waals surface area contributed by atoms with Crippen LogP contribution in [0.4, 0.5) is 10.1 Å². The van der Waals surface area contributed by atoms with E-state index in [9.17, 15) is 23.9 Å². The van der Waals surface area contributed by atoms with Crippen LogP contribution >= 0.6 is 0 Å². The zero-order valence-electron chi connectivity index (χ0n) is 14.1. The first-order valence-electron chi connectivity index (χ1n) is 8.11. The number of rotatable bonds is 6. The van der Waals surface area contributed by atoms with Gasteiger partial charge in [-0.05, 0) is 24.3 Å². The summed E-state index contributed by atoms with van der Waals surface area (Å²) >= 11 is 0. The van der Waals surface area contributed by atoms with Crippen LogP contribution in [-0.2, 0) is 14.4 Å². The van der Waals surface area contributed by atoms with E-state index in [0.717, 1.165) is 0 Å². The molecule has 7 nitrogen and oxygen atoms in total. The van der Waals surface area contributed by atoms with E-state index in [1.165, 1.54) is 31.2 Å². The maximum absolute atomic E-state index is 12.9. The fourth-order valence-corrected chi connectivity index (χ4v) is 2.76. The summed E-state index contributed by atoms with van der Waals surface area (Å²) in [6, 6.07) is 5.28. The number of hydrogen-bond donors (Lipinski definition) is 2. The summed E-state index contributed by atoms with van der Waals surface area (Å²) in [7, 11) is 0. The molecule has 1 heterocycles. The SMILES string of the molecule is CC(=O)N1CCN(CC(CC(=O)Nc2ccc(F)cc2)C(=O)O)CC1. The predicted molar refractivity (Wildman–Crippen MR) is 89.5 cm³/mol. The van der Waals surface area contributed by atoms with Crippen molar-refractivity contribution in [1.29, 1.82) is 0 Å². The molecular weight excluding hydrogens is 329 g/mol. The van der Waals surface area contributed by atoms with Gasteiger partial charge >= 0.3 is 5.97 Å². The summed E-state index contributed by atoms with van der Waals surface area (Å²) in [6.07, 6.45) is -0.167. The Morgan fingerprint density at radius 3 is 2.28 bits per heavy atom. The van der Waals surface area contributed by atoms with Crippen molar-refractivity contribution in [3.8, 4) is 0 Å². The van der Waals surface area contributed by atoms with E-state index in [-0.39, 0.29) is 18.9 Å². The monoisotopic (exact) mass is 351 g/mol. The molecule has 25 heavy (non-hydrogen) atoms. The molecule has 1 saturated heterocycles. The van der Waals surface area contributed by atoms with Gasteiger partial charge in [0, 0.05) is 51.8 Å². The van der Waals surface area contributed by atoms with E-state index < -0.39 is 23.6 Å². The van der Waals surface area contributed by atoms with Gasteiger partial charge in [-0.25, -0.2) is 4.39 Å². The lowest BCUT2D eigenvalue weighted by Gasteiger charge is -2.35. The molecule has 0 bridgehead atoms. The molecule has 136 valence electrons. The summed E-state index contributed by atoms with van der Waals surface area (Å²) in [5.41, 5.74) is 0.422. The molecule has 0 radical (unpaired) electrons. The first-order chi connectivity index (χ1) is 11.8. The number of benzene rings is 1. The Morgan fingerprint density at radius 2 is 1.76 bits per heavy atom. The number of piperazine rings is 1. The summed E-state index contributed by atoms with van der Waals surface area (Å²) in [6.45, 7) is 4.05. The zero-order chi connectivity index (χ0) is 18.4. The van der Waals surface area contributed by atoms with Gasteiger partial charge < -0.3 is 15.3 Å². The predicted octanol–water partition coefficient (Wildman–Crippen LogP) is 1.02. The number of nitrogens with one attached hydrogen (secondary N) is 1. The lowest BCUT2D eigenvalue weighted by atomic mass is 10.0. The van der Waals surface area contributed by atoms with E-state index >= 15 is 0 Å². The van der Waals surface area contributed by atoms with E-state index in [1.807, 2.05) is 4.90 Å². The number of aliphatic carboxylic acids is 1. The van der Waals surface area contributed by atoms with Crippen molar-refractivity contribution in [3.63, 3.8) is 0 Å². The standard InChI is InChI=1S/C17H22FN3O4/c1-12(22)21-8-6-20(7-9-21)11-13(17(24)25)10-16(23)19-15-4-2-14(18)3-5-15/h2-5,13H,6-11H2,1H3,(H,19,23)(H,24,25). The third-order valence-electron chi connectivity index (χ3n) is 4.21. The van der Waals surface area contributed by atoms with Gasteiger partial charge in [-0.3, -0.25) is 19.3 Å². The molecule has 1 aliphatic heterocycles. The normalized spacial score (nSPS) is 16.3. The van der Waals surface area contributed by atoms with Crippen molar-refractivity contribution < 1.29 is 23.9 Å². The summed E-state index contributed by atoms with van der Waals surface area (Å²) in [5, 5.41) is 11.9. The smallest absolute Gasteiger partial charge is 0.308 e. The van der Waals surface area contributed by atoms with Crippen molar-refractivity contribution in [2.75, 3.05) is 38.0 Å². The average molecular weight is 351 g/mol. The van der Waals surface area contributed by atoms with E-state index in [4.69, 9.17) is 0 Å². The van der Waals surface area contributed by atoms with Crippen LogP contribution in [0.3, 0.4) is 0 Å². The van der Waals surface area contributed by atoms with Crippen LogP contribution in [0.15, 0.2) is 24.3 Å². The fraction of sp³-hybridized carbons (Fsp3) is 0.471. The highest BCUT2D eigenvalue weighted by atomic mass is 19.1. The summed E-state index contributed by atoms with van der Waals surface area (Å²) in [5.74, 6) is -2.71. The van der Waals surface area contributed by atoms with Crippen LogP contribution in [0.5, 0.6) is 0 Å². The Kier molecular flexibility index (Phi) is 6.46. The second kappa shape index (κ2) is 8.57. The zero-order valence-corrected chi connectivity index (χ0v) is 14.1. The highest BCUT2D eigenvalue weighted by Gasteiger charge is 2.26. The largest absolute Gasteiger partial charge is 0.481 e. The van der Waals surface area contributed by atoms with Gasteiger partial charge in [0.05, 0.1) is 5.92 Å². The number of amides is 2. The second-order valence-electron chi connectivity index (χ2n) is 6.10. The van der Waals surface area contributed by atoms with Crippen molar-refractivity contribution in [2.24, 2.45) is 5.92 Å². The van der Waals surface area contributed by atoms with Gasteiger partial charge in [-0.2, -0.15) is 0 Å². The minimum atomic E-state index is -1.04. The number of nitrogens with zero attached hydrogens (tertiary/aromatic N) is 2. The molecule has 8 heteroatoms. The van der Waals surface area contributed by atoms with Gasteiger partial charge in [0.2, 0.25) is 11.8 Å². The van der Waals surface area contributed by atoms with Crippen LogP contribution in [0, 0.1) is 11.7 Å². The van der Waals surface area contributed by atoms with Crippen LogP contribution < -0.4 is 5.32 Å². The minimum absolute atomic E-state index is 0.00751. The van der Waals surface area contributed by atoms with Crippen LogP contribution in [0.2, 0.25) is 0 Å². The second-order valence-corrected chi connectivity index (χ2v) is 6.10. The molecule has 0 aromatic heterocycles. The first kappa shape index (κ1) is 18.9. The Bertz CT molecular complexity index is 627. The first-order valence-corrected chi connectivity index (χ1v) is 8.11. The molecule has 0 spiro atoms. The number of anilines is 1. The van der Waals surface area contributed by atoms with Gasteiger partial charge in [0.25, 0.3) is 0 Å². The fourth-order valence-electron chi connectivity index (χ4n) is 2.76. The highest BCUT2D eigenvalue weighted by molar-refractivity contribution is 5.93. The van der Waals surface area contributed by atoms with Crippen LogP contribution in [0.25, 0.3) is 0 Å². The van der Waals surface area contributed by atoms with E-state index in [0.29, 0.717) is 31.9 Å². The molecule has 0 aliphatic carbocycles. The van der Waals surface area contributed by atoms with Gasteiger partial charge in [0.1, 0.15) is 5.82 Å². The van der Waals surface area contributed by atoms with Crippen LogP contribution in [0.1, 0.15) is 13.3 Å². The molecule has 1 aliphatic rings. The molecule has 0 saturated carbocycles. The van der Waals surface area contributed by atoms with E-state index in [2.05, 4.69) is 5.32 Å². The molecule has 1 unspecified atom stereocenters.